The molecule has 0 aromatic heterocycles. The van der Waals surface area contributed by atoms with Crippen LogP contribution in [0.25, 0.3) is 0 Å². The molecule has 108 valence electrons. The minimum Gasteiger partial charge on any atom is -0.319 e. The SMILES string of the molecule is CNC[C@H]1CCN(S(=O)(=O)CCCC(F)(F)F)C1. The lowest BCUT2D eigenvalue weighted by molar-refractivity contribution is -0.134. The molecule has 1 rings (SSSR count). The summed E-state index contributed by atoms with van der Waals surface area (Å²) >= 11 is 0. The van der Waals surface area contributed by atoms with Crippen LogP contribution in [-0.4, -0.2) is 51.3 Å². The molecule has 1 aliphatic heterocycles. The van der Waals surface area contributed by atoms with Gasteiger partial charge in [-0.15, -0.1) is 0 Å². The van der Waals surface area contributed by atoms with E-state index < -0.39 is 28.4 Å². The average Bonchev–Trinajstić information content (AvgIpc) is 2.65. The fourth-order valence-corrected chi connectivity index (χ4v) is 3.68. The molecule has 1 atom stereocenters. The van der Waals surface area contributed by atoms with E-state index in [1.54, 1.807) is 7.05 Å². The van der Waals surface area contributed by atoms with Crippen molar-refractivity contribution in [3.63, 3.8) is 0 Å². The number of rotatable bonds is 6. The van der Waals surface area contributed by atoms with Crippen LogP contribution in [0.15, 0.2) is 0 Å². The standard InChI is InChI=1S/C10H19F3N2O2S/c1-14-7-9-3-5-15(8-9)18(16,17)6-2-4-10(11,12)13/h9,14H,2-8H2,1H3/t9-/m1/s1. The van der Waals surface area contributed by atoms with E-state index in [2.05, 4.69) is 5.32 Å². The zero-order chi connectivity index (χ0) is 13.8. The minimum absolute atomic E-state index is 0.257. The predicted octanol–water partition coefficient (Wildman–Crippen LogP) is 1.20. The van der Waals surface area contributed by atoms with E-state index in [0.717, 1.165) is 13.0 Å². The first-order chi connectivity index (χ1) is 8.24. The van der Waals surface area contributed by atoms with Crippen molar-refractivity contribution in [2.45, 2.75) is 25.4 Å². The molecule has 0 aliphatic carbocycles. The molecule has 0 amide bonds. The highest BCUT2D eigenvalue weighted by molar-refractivity contribution is 7.89. The molecule has 1 fully saturated rings. The van der Waals surface area contributed by atoms with Crippen molar-refractivity contribution in [1.82, 2.24) is 9.62 Å². The summed E-state index contributed by atoms with van der Waals surface area (Å²) in [5, 5.41) is 2.97. The number of nitrogens with zero attached hydrogens (tertiary/aromatic N) is 1. The lowest BCUT2D eigenvalue weighted by atomic mass is 10.1. The maximum atomic E-state index is 12.0. The van der Waals surface area contributed by atoms with Gasteiger partial charge in [-0.1, -0.05) is 0 Å². The highest BCUT2D eigenvalue weighted by atomic mass is 32.2. The largest absolute Gasteiger partial charge is 0.389 e. The Labute approximate surface area is 106 Å². The van der Waals surface area contributed by atoms with E-state index in [4.69, 9.17) is 0 Å². The van der Waals surface area contributed by atoms with Crippen LogP contribution in [0.3, 0.4) is 0 Å². The summed E-state index contributed by atoms with van der Waals surface area (Å²) in [6.07, 6.45) is -4.92. The second kappa shape index (κ2) is 6.21. The Morgan fingerprint density at radius 1 is 1.39 bits per heavy atom. The van der Waals surface area contributed by atoms with Gasteiger partial charge < -0.3 is 5.32 Å². The van der Waals surface area contributed by atoms with E-state index in [-0.39, 0.29) is 12.3 Å². The van der Waals surface area contributed by atoms with Crippen molar-refractivity contribution in [2.24, 2.45) is 5.92 Å². The number of hydrogen-bond acceptors (Lipinski definition) is 3. The third-order valence-corrected chi connectivity index (χ3v) is 4.92. The molecule has 0 aromatic rings. The summed E-state index contributed by atoms with van der Waals surface area (Å²) in [5.41, 5.74) is 0. The van der Waals surface area contributed by atoms with Crippen LogP contribution in [0, 0.1) is 5.92 Å². The molecule has 0 bridgehead atoms. The summed E-state index contributed by atoms with van der Waals surface area (Å²) in [5.74, 6) is -0.161. The first-order valence-corrected chi connectivity index (χ1v) is 7.55. The molecule has 1 heterocycles. The first-order valence-electron chi connectivity index (χ1n) is 5.94. The Morgan fingerprint density at radius 3 is 2.61 bits per heavy atom. The second-order valence-electron chi connectivity index (χ2n) is 4.61. The van der Waals surface area contributed by atoms with Gasteiger partial charge in [-0.25, -0.2) is 12.7 Å². The van der Waals surface area contributed by atoms with Crippen molar-refractivity contribution in [3.05, 3.63) is 0 Å². The van der Waals surface area contributed by atoms with E-state index in [0.29, 0.717) is 13.1 Å². The molecule has 0 unspecified atom stereocenters. The summed E-state index contributed by atoms with van der Waals surface area (Å²) < 4.78 is 60.8. The Hall–Kier alpha value is -0.340. The average molecular weight is 288 g/mol. The molecule has 18 heavy (non-hydrogen) atoms. The summed E-state index contributed by atoms with van der Waals surface area (Å²) in [6.45, 7) is 1.56. The maximum Gasteiger partial charge on any atom is 0.389 e. The molecule has 0 spiro atoms. The Balaban J connectivity index is 2.40. The molecule has 0 saturated carbocycles. The van der Waals surface area contributed by atoms with Crippen molar-refractivity contribution in [2.75, 3.05) is 32.4 Å². The Kier molecular flexibility index (Phi) is 5.42. The monoisotopic (exact) mass is 288 g/mol. The molecule has 8 heteroatoms. The van der Waals surface area contributed by atoms with Gasteiger partial charge >= 0.3 is 6.18 Å². The van der Waals surface area contributed by atoms with Crippen LogP contribution < -0.4 is 5.32 Å². The van der Waals surface area contributed by atoms with E-state index in [1.165, 1.54) is 4.31 Å². The third kappa shape index (κ3) is 5.11. The van der Waals surface area contributed by atoms with Crippen LogP contribution in [0.5, 0.6) is 0 Å². The number of halogens is 3. The molecule has 1 aliphatic rings. The number of hydrogen-bond donors (Lipinski definition) is 1. The normalized spacial score (nSPS) is 22.6. The van der Waals surface area contributed by atoms with Gasteiger partial charge in [-0.05, 0) is 32.4 Å². The van der Waals surface area contributed by atoms with Crippen LogP contribution in [0.4, 0.5) is 13.2 Å². The first kappa shape index (κ1) is 15.7. The van der Waals surface area contributed by atoms with E-state index >= 15 is 0 Å². The lowest BCUT2D eigenvalue weighted by Gasteiger charge is -2.16. The van der Waals surface area contributed by atoms with Crippen molar-refractivity contribution < 1.29 is 21.6 Å². The van der Waals surface area contributed by atoms with Gasteiger partial charge in [-0.3, -0.25) is 0 Å². The van der Waals surface area contributed by atoms with E-state index in [9.17, 15) is 21.6 Å². The molecule has 1 saturated heterocycles. The molecular formula is C10H19F3N2O2S. The van der Waals surface area contributed by atoms with Gasteiger partial charge in [0.25, 0.3) is 0 Å². The van der Waals surface area contributed by atoms with Gasteiger partial charge in [0.2, 0.25) is 10.0 Å². The van der Waals surface area contributed by atoms with Crippen molar-refractivity contribution in [1.29, 1.82) is 0 Å². The number of sulfonamides is 1. The number of alkyl halides is 3. The van der Waals surface area contributed by atoms with Crippen LogP contribution in [0.2, 0.25) is 0 Å². The number of nitrogens with one attached hydrogen (secondary N) is 1. The summed E-state index contributed by atoms with van der Waals surface area (Å²) in [6, 6.07) is 0. The predicted molar refractivity (Wildman–Crippen MR) is 62.7 cm³/mol. The topological polar surface area (TPSA) is 49.4 Å². The fourth-order valence-electron chi connectivity index (χ4n) is 2.09. The third-order valence-electron chi connectivity index (χ3n) is 3.00. The van der Waals surface area contributed by atoms with Gasteiger partial charge in [-0.2, -0.15) is 13.2 Å². The van der Waals surface area contributed by atoms with Gasteiger partial charge in [0.1, 0.15) is 0 Å². The quantitative estimate of drug-likeness (QED) is 0.799. The maximum absolute atomic E-state index is 12.0. The molecule has 1 N–H and O–H groups in total. The Morgan fingerprint density at radius 2 is 2.06 bits per heavy atom. The zero-order valence-electron chi connectivity index (χ0n) is 10.3. The van der Waals surface area contributed by atoms with E-state index in [1.807, 2.05) is 0 Å². The van der Waals surface area contributed by atoms with Gasteiger partial charge in [0.05, 0.1) is 5.75 Å². The van der Waals surface area contributed by atoms with Crippen LogP contribution in [-0.2, 0) is 10.0 Å². The summed E-state index contributed by atoms with van der Waals surface area (Å²) in [7, 11) is -1.74. The van der Waals surface area contributed by atoms with Gasteiger partial charge in [0, 0.05) is 19.5 Å². The minimum atomic E-state index is -4.28. The second-order valence-corrected chi connectivity index (χ2v) is 6.69. The zero-order valence-corrected chi connectivity index (χ0v) is 11.1. The Bertz CT molecular complexity index is 357. The lowest BCUT2D eigenvalue weighted by Crippen LogP contribution is -2.32. The summed E-state index contributed by atoms with van der Waals surface area (Å²) in [4.78, 5) is 0. The highest BCUT2D eigenvalue weighted by Gasteiger charge is 2.32. The fraction of sp³-hybridized carbons (Fsp3) is 1.00. The molecule has 4 nitrogen and oxygen atoms in total. The highest BCUT2D eigenvalue weighted by Crippen LogP contribution is 2.24. The van der Waals surface area contributed by atoms with Crippen molar-refractivity contribution >= 4 is 10.0 Å². The molecule has 0 aromatic carbocycles. The van der Waals surface area contributed by atoms with Crippen LogP contribution in [0.1, 0.15) is 19.3 Å². The molecular weight excluding hydrogens is 269 g/mol. The van der Waals surface area contributed by atoms with Crippen LogP contribution >= 0.6 is 0 Å². The smallest absolute Gasteiger partial charge is 0.319 e. The van der Waals surface area contributed by atoms with Crippen molar-refractivity contribution in [3.8, 4) is 0 Å². The van der Waals surface area contributed by atoms with Gasteiger partial charge in [0.15, 0.2) is 0 Å². The molecule has 0 radical (unpaired) electrons.